The molecule has 0 unspecified atom stereocenters. The summed E-state index contributed by atoms with van der Waals surface area (Å²) in [6, 6.07) is 13.0. The summed E-state index contributed by atoms with van der Waals surface area (Å²) in [7, 11) is 0. The molecule has 0 atom stereocenters. The first-order valence-corrected chi connectivity index (χ1v) is 7.82. The lowest BCUT2D eigenvalue weighted by atomic mass is 10.1. The third-order valence-electron chi connectivity index (χ3n) is 4.02. The van der Waals surface area contributed by atoms with Crippen LogP contribution < -0.4 is 10.6 Å². The number of rotatable bonds is 4. The molecule has 2 N–H and O–H groups in total. The fourth-order valence-electron chi connectivity index (χ4n) is 2.32. The van der Waals surface area contributed by atoms with E-state index in [-0.39, 0.29) is 17.7 Å². The van der Waals surface area contributed by atoms with Crippen LogP contribution in [0.1, 0.15) is 34.3 Å². The van der Waals surface area contributed by atoms with E-state index in [9.17, 15) is 9.59 Å². The molecule has 0 aromatic heterocycles. The van der Waals surface area contributed by atoms with Gasteiger partial charge in [-0.2, -0.15) is 0 Å². The second kappa shape index (κ2) is 6.24. The average molecular weight is 308 g/mol. The lowest BCUT2D eigenvalue weighted by molar-refractivity contribution is -0.117. The van der Waals surface area contributed by atoms with Gasteiger partial charge in [0.15, 0.2) is 0 Å². The number of carbonyl (C=O) groups is 2. The van der Waals surface area contributed by atoms with E-state index in [1.54, 1.807) is 12.1 Å². The molecular weight excluding hydrogens is 288 g/mol. The van der Waals surface area contributed by atoms with Crippen LogP contribution in [0.3, 0.4) is 0 Å². The minimum absolute atomic E-state index is 0.0649. The molecule has 0 radical (unpaired) electrons. The number of aryl methyl sites for hydroxylation is 2. The van der Waals surface area contributed by atoms with Crippen molar-refractivity contribution in [3.8, 4) is 0 Å². The van der Waals surface area contributed by atoms with Gasteiger partial charge in [-0.1, -0.05) is 23.8 Å². The van der Waals surface area contributed by atoms with Gasteiger partial charge in [0.05, 0.1) is 0 Å². The fraction of sp³-hybridized carbons (Fsp3) is 0.263. The smallest absolute Gasteiger partial charge is 0.255 e. The maximum absolute atomic E-state index is 12.3. The number of carbonyl (C=O) groups excluding carboxylic acids is 2. The lowest BCUT2D eigenvalue weighted by Gasteiger charge is -2.11. The number of amides is 2. The van der Waals surface area contributed by atoms with Gasteiger partial charge in [0.1, 0.15) is 0 Å². The third-order valence-corrected chi connectivity index (χ3v) is 4.02. The van der Waals surface area contributed by atoms with Crippen LogP contribution in [-0.4, -0.2) is 11.8 Å². The highest BCUT2D eigenvalue weighted by atomic mass is 16.2. The number of nitrogens with one attached hydrogen (secondary N) is 2. The first kappa shape index (κ1) is 15.3. The molecule has 1 aliphatic rings. The van der Waals surface area contributed by atoms with E-state index in [1.807, 2.05) is 44.2 Å². The molecule has 2 amide bonds. The Kier molecular flexibility index (Phi) is 4.15. The van der Waals surface area contributed by atoms with Crippen LogP contribution in [0.25, 0.3) is 0 Å². The minimum Gasteiger partial charge on any atom is -0.326 e. The van der Waals surface area contributed by atoms with E-state index < -0.39 is 0 Å². The summed E-state index contributed by atoms with van der Waals surface area (Å²) >= 11 is 0. The predicted octanol–water partition coefficient (Wildman–Crippen LogP) is 3.90. The van der Waals surface area contributed by atoms with Crippen LogP contribution in [0.2, 0.25) is 0 Å². The molecule has 0 saturated heterocycles. The van der Waals surface area contributed by atoms with E-state index in [4.69, 9.17) is 0 Å². The highest BCUT2D eigenvalue weighted by molar-refractivity contribution is 6.05. The fourth-order valence-corrected chi connectivity index (χ4v) is 2.32. The third kappa shape index (κ3) is 3.77. The topological polar surface area (TPSA) is 58.2 Å². The van der Waals surface area contributed by atoms with Crippen molar-refractivity contribution in [2.75, 3.05) is 10.6 Å². The van der Waals surface area contributed by atoms with Crippen molar-refractivity contribution < 1.29 is 9.59 Å². The van der Waals surface area contributed by atoms with Crippen molar-refractivity contribution in [1.82, 2.24) is 0 Å². The largest absolute Gasteiger partial charge is 0.326 e. The van der Waals surface area contributed by atoms with Crippen LogP contribution in [-0.2, 0) is 4.79 Å². The zero-order chi connectivity index (χ0) is 16.4. The van der Waals surface area contributed by atoms with Crippen LogP contribution in [0, 0.1) is 19.8 Å². The molecule has 3 rings (SSSR count). The van der Waals surface area contributed by atoms with Crippen molar-refractivity contribution in [2.45, 2.75) is 26.7 Å². The summed E-state index contributed by atoms with van der Waals surface area (Å²) in [5, 5.41) is 5.82. The Morgan fingerprint density at radius 3 is 2.30 bits per heavy atom. The minimum atomic E-state index is -0.159. The number of hydrogen-bond acceptors (Lipinski definition) is 2. The first-order valence-electron chi connectivity index (χ1n) is 7.82. The van der Waals surface area contributed by atoms with Gasteiger partial charge in [-0.15, -0.1) is 0 Å². The summed E-state index contributed by atoms with van der Waals surface area (Å²) in [5.41, 5.74) is 4.13. The molecule has 1 saturated carbocycles. The van der Waals surface area contributed by atoms with Crippen LogP contribution in [0.5, 0.6) is 0 Å². The van der Waals surface area contributed by atoms with Crippen LogP contribution in [0.15, 0.2) is 42.5 Å². The molecule has 23 heavy (non-hydrogen) atoms. The van der Waals surface area contributed by atoms with E-state index in [0.29, 0.717) is 11.3 Å². The molecule has 2 aromatic rings. The van der Waals surface area contributed by atoms with E-state index in [2.05, 4.69) is 10.6 Å². The molecule has 1 fully saturated rings. The predicted molar refractivity (Wildman–Crippen MR) is 91.7 cm³/mol. The second-order valence-electron chi connectivity index (χ2n) is 6.11. The highest BCUT2D eigenvalue weighted by Gasteiger charge is 2.29. The maximum Gasteiger partial charge on any atom is 0.255 e. The average Bonchev–Trinajstić information content (AvgIpc) is 3.36. The molecule has 4 nitrogen and oxygen atoms in total. The Labute approximate surface area is 135 Å². The molecule has 0 aliphatic heterocycles. The van der Waals surface area contributed by atoms with Crippen molar-refractivity contribution in [3.63, 3.8) is 0 Å². The van der Waals surface area contributed by atoms with E-state index in [0.717, 1.165) is 29.7 Å². The summed E-state index contributed by atoms with van der Waals surface area (Å²) in [6.45, 7) is 3.92. The van der Waals surface area contributed by atoms with Gasteiger partial charge in [0, 0.05) is 22.9 Å². The number of anilines is 2. The van der Waals surface area contributed by atoms with Crippen molar-refractivity contribution in [3.05, 3.63) is 59.2 Å². The quantitative estimate of drug-likeness (QED) is 0.900. The standard InChI is InChI=1S/C19H20N2O2/c1-12-3-6-14(7-4-12)18(22)20-16-10-5-13(2)17(11-16)21-19(23)15-8-9-15/h3-7,10-11,15H,8-9H2,1-2H3,(H,20,22)(H,21,23). The summed E-state index contributed by atoms with van der Waals surface area (Å²) in [4.78, 5) is 24.2. The van der Waals surface area contributed by atoms with Gasteiger partial charge < -0.3 is 10.6 Å². The molecule has 0 heterocycles. The van der Waals surface area contributed by atoms with Gasteiger partial charge in [-0.05, 0) is 56.5 Å². The van der Waals surface area contributed by atoms with E-state index in [1.165, 1.54) is 0 Å². The zero-order valence-corrected chi connectivity index (χ0v) is 13.3. The molecule has 0 spiro atoms. The molecule has 4 heteroatoms. The highest BCUT2D eigenvalue weighted by Crippen LogP contribution is 2.31. The van der Waals surface area contributed by atoms with Gasteiger partial charge in [0.25, 0.3) is 5.91 Å². The van der Waals surface area contributed by atoms with Crippen LogP contribution in [0.4, 0.5) is 11.4 Å². The summed E-state index contributed by atoms with van der Waals surface area (Å²) in [6.07, 6.45) is 1.93. The van der Waals surface area contributed by atoms with Crippen molar-refractivity contribution in [1.29, 1.82) is 0 Å². The summed E-state index contributed by atoms with van der Waals surface area (Å²) < 4.78 is 0. The van der Waals surface area contributed by atoms with Crippen molar-refractivity contribution >= 4 is 23.2 Å². The second-order valence-corrected chi connectivity index (χ2v) is 6.11. The Balaban J connectivity index is 1.73. The SMILES string of the molecule is Cc1ccc(C(=O)Nc2ccc(C)c(NC(=O)C3CC3)c2)cc1. The van der Waals surface area contributed by atoms with Gasteiger partial charge in [-0.3, -0.25) is 9.59 Å². The molecule has 0 bridgehead atoms. The van der Waals surface area contributed by atoms with Gasteiger partial charge in [0.2, 0.25) is 5.91 Å². The maximum atomic E-state index is 12.3. The monoisotopic (exact) mass is 308 g/mol. The van der Waals surface area contributed by atoms with Gasteiger partial charge >= 0.3 is 0 Å². The Bertz CT molecular complexity index is 746. The molecule has 1 aliphatic carbocycles. The normalized spacial score (nSPS) is 13.5. The van der Waals surface area contributed by atoms with Crippen molar-refractivity contribution in [2.24, 2.45) is 5.92 Å². The first-order chi connectivity index (χ1) is 11.0. The summed E-state index contributed by atoms with van der Waals surface area (Å²) in [5.74, 6) is 0.0589. The van der Waals surface area contributed by atoms with Crippen LogP contribution >= 0.6 is 0 Å². The number of hydrogen-bond donors (Lipinski definition) is 2. The zero-order valence-electron chi connectivity index (χ0n) is 13.3. The Morgan fingerprint density at radius 2 is 1.65 bits per heavy atom. The molecule has 2 aromatic carbocycles. The number of benzene rings is 2. The molecular formula is C19H20N2O2. The van der Waals surface area contributed by atoms with E-state index >= 15 is 0 Å². The lowest BCUT2D eigenvalue weighted by Crippen LogP contribution is -2.15. The Morgan fingerprint density at radius 1 is 0.957 bits per heavy atom. The Hall–Kier alpha value is -2.62. The van der Waals surface area contributed by atoms with Gasteiger partial charge in [-0.25, -0.2) is 0 Å². The molecule has 118 valence electrons.